The molecule has 0 radical (unpaired) electrons. The van der Waals surface area contributed by atoms with Crippen LogP contribution in [0, 0.1) is 0 Å². The summed E-state index contributed by atoms with van der Waals surface area (Å²) in [5.74, 6) is 0. The van der Waals surface area contributed by atoms with Gasteiger partial charge in [-0.25, -0.2) is 0 Å². The molecule has 62 heavy (non-hydrogen) atoms. The molecule has 0 amide bonds. The molecule has 0 fully saturated rings. The van der Waals surface area contributed by atoms with E-state index in [-0.39, 0.29) is 0 Å². The lowest BCUT2D eigenvalue weighted by Gasteiger charge is -2.27. The minimum absolute atomic E-state index is 1.09. The average molecular weight is 789 g/mol. The van der Waals surface area contributed by atoms with Crippen molar-refractivity contribution in [2.24, 2.45) is 0 Å². The molecule has 290 valence electrons. The summed E-state index contributed by atoms with van der Waals surface area (Å²) >= 11 is 0. The SMILES string of the molecule is c1ccc(-n2c3ccccc3c3c(-c4cccc(N(c5ccc(-c6ccc7c(ccc8ccccc87)c6)cc5)c5cccc(-c6cccc7ccccc67)c5)c4)cccc32)cc1. The lowest BCUT2D eigenvalue weighted by atomic mass is 9.96. The summed E-state index contributed by atoms with van der Waals surface area (Å²) < 4.78 is 2.39. The Bertz CT molecular complexity index is 3630. The average Bonchev–Trinajstić information content (AvgIpc) is 3.69. The largest absolute Gasteiger partial charge is 0.310 e. The van der Waals surface area contributed by atoms with Gasteiger partial charge in [0.05, 0.1) is 11.0 Å². The van der Waals surface area contributed by atoms with E-state index in [0.717, 1.165) is 22.7 Å². The van der Waals surface area contributed by atoms with Crippen LogP contribution in [0.2, 0.25) is 0 Å². The van der Waals surface area contributed by atoms with Gasteiger partial charge >= 0.3 is 0 Å². The van der Waals surface area contributed by atoms with E-state index in [2.05, 4.69) is 252 Å². The number of rotatable bonds is 7. The zero-order chi connectivity index (χ0) is 41.0. The number of hydrogen-bond donors (Lipinski definition) is 0. The molecule has 0 aliphatic carbocycles. The highest BCUT2D eigenvalue weighted by Crippen LogP contribution is 2.43. The maximum atomic E-state index is 2.40. The van der Waals surface area contributed by atoms with E-state index in [1.165, 1.54) is 87.5 Å². The Kier molecular flexibility index (Phi) is 8.53. The van der Waals surface area contributed by atoms with E-state index in [4.69, 9.17) is 0 Å². The van der Waals surface area contributed by atoms with E-state index >= 15 is 0 Å². The Morgan fingerprint density at radius 2 is 0.823 bits per heavy atom. The number of aromatic nitrogens is 1. The molecule has 0 unspecified atom stereocenters. The van der Waals surface area contributed by atoms with Gasteiger partial charge in [0.15, 0.2) is 0 Å². The summed E-state index contributed by atoms with van der Waals surface area (Å²) in [6, 6.07) is 88.5. The topological polar surface area (TPSA) is 8.17 Å². The van der Waals surface area contributed by atoms with Gasteiger partial charge in [-0.2, -0.15) is 0 Å². The molecule has 11 aromatic carbocycles. The lowest BCUT2D eigenvalue weighted by Crippen LogP contribution is -2.10. The van der Waals surface area contributed by atoms with Crippen LogP contribution in [0.1, 0.15) is 0 Å². The second kappa shape index (κ2) is 14.8. The third-order valence-corrected chi connectivity index (χ3v) is 12.5. The van der Waals surface area contributed by atoms with Crippen molar-refractivity contribution >= 4 is 71.2 Å². The Morgan fingerprint density at radius 1 is 0.274 bits per heavy atom. The number of hydrogen-bond acceptors (Lipinski definition) is 1. The number of fused-ring (bicyclic) bond motifs is 7. The van der Waals surface area contributed by atoms with Crippen LogP contribution >= 0.6 is 0 Å². The molecule has 1 heterocycles. The fraction of sp³-hybridized carbons (Fsp3) is 0. The van der Waals surface area contributed by atoms with Crippen LogP contribution in [0.4, 0.5) is 17.1 Å². The Labute approximate surface area is 360 Å². The second-order valence-corrected chi connectivity index (χ2v) is 16.1. The standard InChI is InChI=1S/C60H40N2/c1-2-19-48(20-3-1)62-58-28-9-8-25-57(58)60-56(27-13-29-59(60)62)46-18-11-22-51(40-46)61(50-21-10-17-45(39-50)54-26-12-16-42-14-4-6-23-52(42)54)49-35-32-41(33-36-49)44-34-37-55-47(38-44)31-30-43-15-5-7-24-53(43)55/h1-40H. The maximum absolute atomic E-state index is 2.40. The van der Waals surface area contributed by atoms with E-state index < -0.39 is 0 Å². The zero-order valence-corrected chi connectivity index (χ0v) is 34.0. The summed E-state index contributed by atoms with van der Waals surface area (Å²) in [5, 5.41) is 10.1. The quantitative estimate of drug-likeness (QED) is 0.146. The first-order chi connectivity index (χ1) is 30.7. The summed E-state index contributed by atoms with van der Waals surface area (Å²) in [6.45, 7) is 0. The molecule has 12 aromatic rings. The van der Waals surface area contributed by atoms with Crippen LogP contribution in [0.15, 0.2) is 243 Å². The number of benzene rings is 11. The summed E-state index contributed by atoms with van der Waals surface area (Å²) in [6.07, 6.45) is 0. The minimum atomic E-state index is 1.09. The van der Waals surface area contributed by atoms with Gasteiger partial charge in [-0.05, 0) is 132 Å². The van der Waals surface area contributed by atoms with Crippen LogP contribution in [-0.4, -0.2) is 4.57 Å². The molecule has 0 aliphatic rings. The highest BCUT2D eigenvalue weighted by molar-refractivity contribution is 6.16. The maximum Gasteiger partial charge on any atom is 0.0547 e. The number of para-hydroxylation sites is 2. The van der Waals surface area contributed by atoms with Crippen molar-refractivity contribution in [1.82, 2.24) is 4.57 Å². The van der Waals surface area contributed by atoms with E-state index in [1.807, 2.05) is 0 Å². The van der Waals surface area contributed by atoms with E-state index in [0.29, 0.717) is 0 Å². The van der Waals surface area contributed by atoms with Crippen LogP contribution in [0.3, 0.4) is 0 Å². The fourth-order valence-electron chi connectivity index (χ4n) is 9.66. The molecule has 2 nitrogen and oxygen atoms in total. The van der Waals surface area contributed by atoms with Crippen molar-refractivity contribution < 1.29 is 0 Å². The highest BCUT2D eigenvalue weighted by Gasteiger charge is 2.19. The molecule has 1 aromatic heterocycles. The molecule has 0 bridgehead atoms. The summed E-state index contributed by atoms with van der Waals surface area (Å²) in [5.41, 5.74) is 14.0. The first-order valence-corrected chi connectivity index (χ1v) is 21.3. The van der Waals surface area contributed by atoms with Gasteiger partial charge in [-0.1, -0.05) is 176 Å². The Balaban J connectivity index is 1.01. The first-order valence-electron chi connectivity index (χ1n) is 21.3. The van der Waals surface area contributed by atoms with Gasteiger partial charge in [0.25, 0.3) is 0 Å². The minimum Gasteiger partial charge on any atom is -0.310 e. The molecule has 0 spiro atoms. The summed E-state index contributed by atoms with van der Waals surface area (Å²) in [4.78, 5) is 2.40. The lowest BCUT2D eigenvalue weighted by molar-refractivity contribution is 1.18. The van der Waals surface area contributed by atoms with E-state index in [9.17, 15) is 0 Å². The Hall–Kier alpha value is -8.20. The van der Waals surface area contributed by atoms with Crippen molar-refractivity contribution in [3.05, 3.63) is 243 Å². The second-order valence-electron chi connectivity index (χ2n) is 16.1. The van der Waals surface area contributed by atoms with Crippen molar-refractivity contribution in [3.8, 4) is 39.1 Å². The van der Waals surface area contributed by atoms with Gasteiger partial charge in [-0.3, -0.25) is 0 Å². The number of anilines is 3. The smallest absolute Gasteiger partial charge is 0.0547 e. The van der Waals surface area contributed by atoms with Crippen molar-refractivity contribution in [2.75, 3.05) is 4.90 Å². The van der Waals surface area contributed by atoms with Crippen molar-refractivity contribution in [2.45, 2.75) is 0 Å². The molecule has 0 N–H and O–H groups in total. The van der Waals surface area contributed by atoms with Gasteiger partial charge in [0, 0.05) is 33.5 Å². The molecule has 0 aliphatic heterocycles. The van der Waals surface area contributed by atoms with Crippen LogP contribution in [0.5, 0.6) is 0 Å². The predicted octanol–water partition coefficient (Wildman–Crippen LogP) is 16.7. The van der Waals surface area contributed by atoms with Crippen LogP contribution in [-0.2, 0) is 0 Å². The van der Waals surface area contributed by atoms with Gasteiger partial charge in [-0.15, -0.1) is 0 Å². The van der Waals surface area contributed by atoms with Crippen LogP contribution in [0.25, 0.3) is 93.2 Å². The molecule has 0 saturated heterocycles. The van der Waals surface area contributed by atoms with Gasteiger partial charge < -0.3 is 9.47 Å². The predicted molar refractivity (Wildman–Crippen MR) is 264 cm³/mol. The van der Waals surface area contributed by atoms with Crippen LogP contribution < -0.4 is 4.90 Å². The zero-order valence-electron chi connectivity index (χ0n) is 34.0. The molecule has 12 rings (SSSR count). The first kappa shape index (κ1) is 35.7. The van der Waals surface area contributed by atoms with Gasteiger partial charge in [0.1, 0.15) is 0 Å². The molecular formula is C60H40N2. The van der Waals surface area contributed by atoms with Gasteiger partial charge in [0.2, 0.25) is 0 Å². The molecule has 0 atom stereocenters. The monoisotopic (exact) mass is 788 g/mol. The molecule has 2 heteroatoms. The summed E-state index contributed by atoms with van der Waals surface area (Å²) in [7, 11) is 0. The Morgan fingerprint density at radius 3 is 1.61 bits per heavy atom. The molecular weight excluding hydrogens is 749 g/mol. The normalized spacial score (nSPS) is 11.5. The van der Waals surface area contributed by atoms with Crippen molar-refractivity contribution in [1.29, 1.82) is 0 Å². The highest BCUT2D eigenvalue weighted by atomic mass is 15.1. The van der Waals surface area contributed by atoms with E-state index in [1.54, 1.807) is 0 Å². The third kappa shape index (κ3) is 6.04. The molecule has 0 saturated carbocycles. The van der Waals surface area contributed by atoms with Crippen molar-refractivity contribution in [3.63, 3.8) is 0 Å². The third-order valence-electron chi connectivity index (χ3n) is 12.5. The number of nitrogens with zero attached hydrogens (tertiary/aromatic N) is 2. The fourth-order valence-corrected chi connectivity index (χ4v) is 9.66.